The fourth-order valence-electron chi connectivity index (χ4n) is 0.753. The van der Waals surface area contributed by atoms with Crippen LogP contribution < -0.4 is 5.43 Å². The van der Waals surface area contributed by atoms with Crippen LogP contribution >= 0.6 is 46.4 Å². The van der Waals surface area contributed by atoms with Crippen molar-refractivity contribution in [1.82, 2.24) is 0 Å². The molecule has 1 rings (SSSR count). The molecule has 1 aromatic rings. The van der Waals surface area contributed by atoms with Crippen LogP contribution in [-0.2, 0) is 0 Å². The Morgan fingerprint density at radius 1 is 1.14 bits per heavy atom. The minimum Gasteiger partial charge on any atom is -0.235 e. The van der Waals surface area contributed by atoms with E-state index in [-0.39, 0.29) is 25.8 Å². The maximum atomic E-state index is 10.1. The Morgan fingerprint density at radius 3 is 2.21 bits per heavy atom. The molecule has 0 aliphatic rings. The summed E-state index contributed by atoms with van der Waals surface area (Å²) >= 11 is 22.6. The Labute approximate surface area is 98.8 Å². The summed E-state index contributed by atoms with van der Waals surface area (Å²) in [5.74, 6) is 0. The Hall–Kier alpha value is -0.420. The highest BCUT2D eigenvalue weighted by atomic mass is 35.5. The lowest BCUT2D eigenvalue weighted by molar-refractivity contribution is -0.445. The molecule has 0 aliphatic heterocycles. The molecule has 0 heterocycles. The van der Waals surface area contributed by atoms with Crippen LogP contribution in [0.2, 0.25) is 20.1 Å². The molecule has 0 atom stereocenters. The van der Waals surface area contributed by atoms with Crippen LogP contribution in [0, 0.1) is 10.1 Å². The van der Waals surface area contributed by atoms with Gasteiger partial charge in [-0.1, -0.05) is 46.4 Å². The summed E-state index contributed by atoms with van der Waals surface area (Å²) in [6.07, 6.45) is 0. The summed E-state index contributed by atoms with van der Waals surface area (Å²) < 4.78 is 0. The van der Waals surface area contributed by atoms with Gasteiger partial charge in [0.15, 0.2) is 5.03 Å². The standard InChI is InChI=1S/C6H2Cl4N2O2/c7-2-1-3(11-12(13)14)5(9)6(10)4(2)8/h1,11H. The third-order valence-electron chi connectivity index (χ3n) is 1.31. The Balaban J connectivity index is 3.25. The van der Waals surface area contributed by atoms with Gasteiger partial charge in [-0.15, -0.1) is 5.43 Å². The maximum Gasteiger partial charge on any atom is 0.162 e. The van der Waals surface area contributed by atoms with Gasteiger partial charge in [0.05, 0.1) is 20.1 Å². The molecule has 14 heavy (non-hydrogen) atoms. The van der Waals surface area contributed by atoms with Gasteiger partial charge in [0.25, 0.3) is 0 Å². The van der Waals surface area contributed by atoms with Gasteiger partial charge >= 0.3 is 0 Å². The number of nitrogens with one attached hydrogen (secondary N) is 1. The van der Waals surface area contributed by atoms with Crippen LogP contribution in [0.15, 0.2) is 6.07 Å². The Morgan fingerprint density at radius 2 is 1.71 bits per heavy atom. The van der Waals surface area contributed by atoms with Crippen LogP contribution in [0.1, 0.15) is 0 Å². The van der Waals surface area contributed by atoms with Gasteiger partial charge in [0.1, 0.15) is 5.69 Å². The van der Waals surface area contributed by atoms with Crippen LogP contribution in [-0.4, -0.2) is 5.03 Å². The van der Waals surface area contributed by atoms with Gasteiger partial charge in [-0.05, 0) is 6.07 Å². The second-order valence-electron chi connectivity index (χ2n) is 2.22. The fourth-order valence-corrected chi connectivity index (χ4v) is 1.60. The van der Waals surface area contributed by atoms with Gasteiger partial charge in [0, 0.05) is 0 Å². The van der Waals surface area contributed by atoms with E-state index in [1.165, 1.54) is 6.07 Å². The number of anilines is 1. The minimum atomic E-state index is -0.776. The second kappa shape index (κ2) is 4.40. The van der Waals surface area contributed by atoms with E-state index in [1.807, 2.05) is 5.43 Å². The number of rotatable bonds is 2. The number of halogens is 4. The average molecular weight is 276 g/mol. The van der Waals surface area contributed by atoms with E-state index < -0.39 is 5.03 Å². The molecular formula is C6H2Cl4N2O2. The summed E-state index contributed by atoms with van der Waals surface area (Å²) in [6, 6.07) is 1.22. The predicted octanol–water partition coefficient (Wildman–Crippen LogP) is 3.90. The topological polar surface area (TPSA) is 55.2 Å². The molecule has 1 N–H and O–H groups in total. The highest BCUT2D eigenvalue weighted by Gasteiger charge is 2.15. The summed E-state index contributed by atoms with van der Waals surface area (Å²) in [5, 5.41) is 9.45. The number of nitrogens with zero attached hydrogens (tertiary/aromatic N) is 1. The summed E-state index contributed by atoms with van der Waals surface area (Å²) in [7, 11) is 0. The molecule has 0 aromatic heterocycles. The van der Waals surface area contributed by atoms with Crippen LogP contribution in [0.5, 0.6) is 0 Å². The van der Waals surface area contributed by atoms with E-state index in [0.29, 0.717) is 0 Å². The number of hydrogen-bond acceptors (Lipinski definition) is 2. The van der Waals surface area contributed by atoms with Gasteiger partial charge in [-0.3, -0.25) is 0 Å². The highest BCUT2D eigenvalue weighted by molar-refractivity contribution is 6.52. The zero-order valence-corrected chi connectivity index (χ0v) is 9.38. The molecule has 0 bridgehead atoms. The molecule has 0 aliphatic carbocycles. The zero-order valence-electron chi connectivity index (χ0n) is 6.35. The van der Waals surface area contributed by atoms with Crippen molar-refractivity contribution < 1.29 is 5.03 Å². The van der Waals surface area contributed by atoms with E-state index >= 15 is 0 Å². The maximum absolute atomic E-state index is 10.1. The molecule has 4 nitrogen and oxygen atoms in total. The third kappa shape index (κ3) is 2.33. The lowest BCUT2D eigenvalue weighted by Gasteiger charge is -2.05. The predicted molar refractivity (Wildman–Crippen MR) is 57.1 cm³/mol. The van der Waals surface area contributed by atoms with E-state index in [4.69, 9.17) is 46.4 Å². The molecule has 0 amide bonds. The monoisotopic (exact) mass is 274 g/mol. The van der Waals surface area contributed by atoms with Crippen molar-refractivity contribution in [3.63, 3.8) is 0 Å². The summed E-state index contributed by atoms with van der Waals surface area (Å²) in [6.45, 7) is 0. The van der Waals surface area contributed by atoms with Gasteiger partial charge < -0.3 is 0 Å². The first-order valence-electron chi connectivity index (χ1n) is 3.17. The number of nitro groups is 1. The van der Waals surface area contributed by atoms with Gasteiger partial charge in [-0.25, -0.2) is 10.1 Å². The van der Waals surface area contributed by atoms with Crippen molar-refractivity contribution in [3.05, 3.63) is 36.3 Å². The van der Waals surface area contributed by atoms with Crippen molar-refractivity contribution in [2.45, 2.75) is 0 Å². The molecule has 76 valence electrons. The zero-order chi connectivity index (χ0) is 10.9. The van der Waals surface area contributed by atoms with Crippen molar-refractivity contribution >= 4 is 52.1 Å². The van der Waals surface area contributed by atoms with Crippen molar-refractivity contribution in [2.24, 2.45) is 0 Å². The normalized spacial score (nSPS) is 10.0. The fraction of sp³-hybridized carbons (Fsp3) is 0. The van der Waals surface area contributed by atoms with E-state index in [0.717, 1.165) is 0 Å². The van der Waals surface area contributed by atoms with Crippen molar-refractivity contribution in [2.75, 3.05) is 5.43 Å². The van der Waals surface area contributed by atoms with Crippen molar-refractivity contribution in [3.8, 4) is 0 Å². The smallest absolute Gasteiger partial charge is 0.162 e. The number of hydrogen-bond donors (Lipinski definition) is 1. The summed E-state index contributed by atoms with van der Waals surface area (Å²) in [4.78, 5) is 10.1. The van der Waals surface area contributed by atoms with Gasteiger partial charge in [-0.2, -0.15) is 0 Å². The van der Waals surface area contributed by atoms with E-state index in [2.05, 4.69) is 0 Å². The Kier molecular flexibility index (Phi) is 3.66. The molecule has 0 saturated carbocycles. The lowest BCUT2D eigenvalue weighted by atomic mass is 10.3. The van der Waals surface area contributed by atoms with Crippen LogP contribution in [0.3, 0.4) is 0 Å². The van der Waals surface area contributed by atoms with Crippen molar-refractivity contribution in [1.29, 1.82) is 0 Å². The lowest BCUT2D eigenvalue weighted by Crippen LogP contribution is -2.08. The SMILES string of the molecule is O=[N+]([O-])Nc1cc(Cl)c(Cl)c(Cl)c1Cl. The molecule has 0 fully saturated rings. The first-order valence-corrected chi connectivity index (χ1v) is 4.68. The van der Waals surface area contributed by atoms with E-state index in [9.17, 15) is 10.1 Å². The first-order chi connectivity index (χ1) is 6.43. The molecule has 0 unspecified atom stereocenters. The number of benzene rings is 1. The summed E-state index contributed by atoms with van der Waals surface area (Å²) in [5.41, 5.74) is 1.84. The highest BCUT2D eigenvalue weighted by Crippen LogP contribution is 2.40. The van der Waals surface area contributed by atoms with Gasteiger partial charge in [0.2, 0.25) is 0 Å². The van der Waals surface area contributed by atoms with Crippen LogP contribution in [0.25, 0.3) is 0 Å². The largest absolute Gasteiger partial charge is 0.235 e. The molecule has 0 spiro atoms. The Bertz CT molecular complexity index is 396. The second-order valence-corrected chi connectivity index (χ2v) is 3.76. The molecule has 1 aromatic carbocycles. The first kappa shape index (κ1) is 11.7. The average Bonchev–Trinajstić information content (AvgIpc) is 2.10. The minimum absolute atomic E-state index is 0.00364. The molecular weight excluding hydrogens is 274 g/mol. The quantitative estimate of drug-likeness (QED) is 0.385. The number of hydrazine groups is 1. The molecule has 0 saturated heterocycles. The molecule has 0 radical (unpaired) electrons. The third-order valence-corrected chi connectivity index (χ3v) is 3.07. The molecule has 8 heteroatoms. The van der Waals surface area contributed by atoms with E-state index in [1.54, 1.807) is 0 Å². The van der Waals surface area contributed by atoms with Crippen LogP contribution in [0.4, 0.5) is 5.69 Å².